The van der Waals surface area contributed by atoms with Crippen LogP contribution in [0.2, 0.25) is 0 Å². The molecule has 0 aromatic carbocycles. The van der Waals surface area contributed by atoms with Crippen LogP contribution in [-0.4, -0.2) is 99.1 Å². The molecule has 0 aliphatic carbocycles. The summed E-state index contributed by atoms with van der Waals surface area (Å²) in [5, 5.41) is 0. The third-order valence-electron chi connectivity index (χ3n) is 6.54. The maximum absolute atomic E-state index is 12.8. The smallest absolute Gasteiger partial charge is 0.341 e. The van der Waals surface area contributed by atoms with Crippen LogP contribution in [0.25, 0.3) is 0 Å². The van der Waals surface area contributed by atoms with E-state index in [2.05, 4.69) is 21.8 Å². The first kappa shape index (κ1) is 38.8. The van der Waals surface area contributed by atoms with Crippen molar-refractivity contribution in [2.75, 3.05) is 19.8 Å². The standard InChI is InChI=1S/C12H22O28P8/c13-41-26-1-4-6(32-42(14)37-41)8-9(35-46(20,21)38-43(15)33-8)11(29-4)31-12-3-28-45(18,19)40-48(24,25)36-10(12)7-5(30-12)2-27-44(16,17)39-47(22,23)34-7/h4-11,41-43H,1-3H2,(H,16,17)(H,18,19)(H,20,21)(H,22,23)(H,24,25)/t4-,5-,6-,7-,8+,9-,10+,11-,12+/m1/s1. The fourth-order valence-corrected chi connectivity index (χ4v) is 13.4. The molecule has 8 unspecified atom stereocenters. The lowest BCUT2D eigenvalue weighted by Gasteiger charge is -2.47. The summed E-state index contributed by atoms with van der Waals surface area (Å²) < 4.78 is 173. The Morgan fingerprint density at radius 2 is 1.27 bits per heavy atom. The van der Waals surface area contributed by atoms with Crippen molar-refractivity contribution in [3.63, 3.8) is 0 Å². The molecule has 6 fully saturated rings. The molecule has 48 heavy (non-hydrogen) atoms. The van der Waals surface area contributed by atoms with Crippen molar-refractivity contribution in [2.24, 2.45) is 0 Å². The topological polar surface area (TPSA) is 376 Å². The quantitative estimate of drug-likeness (QED) is 0.237. The molecule has 17 atom stereocenters. The lowest BCUT2D eigenvalue weighted by Crippen LogP contribution is -2.64. The maximum Gasteiger partial charge on any atom is 0.481 e. The van der Waals surface area contributed by atoms with Crippen molar-refractivity contribution in [1.29, 1.82) is 0 Å². The van der Waals surface area contributed by atoms with E-state index >= 15 is 0 Å². The molecular formula is C12H22O28P8. The van der Waals surface area contributed by atoms with Gasteiger partial charge in [-0.3, -0.25) is 36.3 Å². The molecule has 6 aliphatic heterocycles. The van der Waals surface area contributed by atoms with Gasteiger partial charge in [-0.25, -0.2) is 31.4 Å². The highest BCUT2D eigenvalue weighted by Crippen LogP contribution is 2.68. The number of phosphoric acid groups is 5. The molecule has 5 N–H and O–H groups in total. The zero-order valence-electron chi connectivity index (χ0n) is 22.6. The summed E-state index contributed by atoms with van der Waals surface area (Å²) in [6.45, 7) is -3.35. The first-order chi connectivity index (χ1) is 22.1. The van der Waals surface area contributed by atoms with Gasteiger partial charge in [-0.2, -0.15) is 8.62 Å². The van der Waals surface area contributed by atoms with Crippen LogP contribution < -0.4 is 0 Å². The summed E-state index contributed by atoms with van der Waals surface area (Å²) in [4.78, 5) is 50.3. The highest BCUT2D eigenvalue weighted by atomic mass is 31.3. The Kier molecular flexibility index (Phi) is 11.1. The second-order valence-corrected chi connectivity index (χ2v) is 20.7. The predicted molar refractivity (Wildman–Crippen MR) is 140 cm³/mol. The van der Waals surface area contributed by atoms with Crippen LogP contribution in [0.3, 0.4) is 0 Å². The van der Waals surface area contributed by atoms with E-state index in [1.165, 1.54) is 0 Å². The molecule has 0 aromatic rings. The van der Waals surface area contributed by atoms with E-state index in [1.54, 1.807) is 0 Å². The molecule has 0 saturated carbocycles. The molecule has 6 saturated heterocycles. The van der Waals surface area contributed by atoms with E-state index in [4.69, 9.17) is 45.9 Å². The third-order valence-corrected chi connectivity index (χ3v) is 16.5. The molecule has 0 aromatic heterocycles. The molecule has 6 aliphatic rings. The van der Waals surface area contributed by atoms with Crippen molar-refractivity contribution in [2.45, 2.75) is 54.8 Å². The minimum Gasteiger partial charge on any atom is -0.341 e. The van der Waals surface area contributed by atoms with Gasteiger partial charge in [-0.15, -0.1) is 0 Å². The highest BCUT2D eigenvalue weighted by Gasteiger charge is 2.68. The molecule has 6 heterocycles. The van der Waals surface area contributed by atoms with E-state index in [0.29, 0.717) is 0 Å². The predicted octanol–water partition coefficient (Wildman–Crippen LogP) is 0.591. The molecule has 0 amide bonds. The van der Waals surface area contributed by atoms with Crippen LogP contribution in [0, 0.1) is 0 Å². The van der Waals surface area contributed by atoms with Gasteiger partial charge in [0, 0.05) is 0 Å². The van der Waals surface area contributed by atoms with Crippen molar-refractivity contribution in [3.05, 3.63) is 0 Å². The first-order valence-corrected chi connectivity index (χ1v) is 23.6. The normalized spacial score (nSPS) is 58.1. The number of ether oxygens (including phenoxy) is 3. The summed E-state index contributed by atoms with van der Waals surface area (Å²) in [5.74, 6) is -3.04. The van der Waals surface area contributed by atoms with Gasteiger partial charge in [0.1, 0.15) is 43.2 Å². The molecule has 0 bridgehead atoms. The van der Waals surface area contributed by atoms with Gasteiger partial charge >= 0.3 is 63.9 Å². The van der Waals surface area contributed by atoms with E-state index < -0.39 is 139 Å². The van der Waals surface area contributed by atoms with Gasteiger partial charge < -0.3 is 52.2 Å². The van der Waals surface area contributed by atoms with Gasteiger partial charge in [0.25, 0.3) is 0 Å². The average Bonchev–Trinajstić information content (AvgIpc) is 3.06. The molecule has 36 heteroatoms. The zero-order valence-corrected chi connectivity index (χ0v) is 30.1. The van der Waals surface area contributed by atoms with E-state index in [9.17, 15) is 61.0 Å². The third kappa shape index (κ3) is 8.70. The van der Waals surface area contributed by atoms with Crippen LogP contribution in [0.4, 0.5) is 0 Å². The first-order valence-electron chi connectivity index (χ1n) is 12.4. The number of fused-ring (bicyclic) bond motifs is 6. The van der Waals surface area contributed by atoms with E-state index in [1.807, 2.05) is 0 Å². The van der Waals surface area contributed by atoms with Crippen LogP contribution in [0.5, 0.6) is 0 Å². The summed E-state index contributed by atoms with van der Waals surface area (Å²) in [6.07, 6.45) is -16.5. The highest BCUT2D eigenvalue weighted by molar-refractivity contribution is 7.61. The Bertz CT molecular complexity index is 1620. The Morgan fingerprint density at radius 1 is 0.646 bits per heavy atom. The summed E-state index contributed by atoms with van der Waals surface area (Å²) in [6, 6.07) is 0. The Labute approximate surface area is 267 Å². The van der Waals surface area contributed by atoms with Gasteiger partial charge in [0.2, 0.25) is 5.79 Å². The maximum atomic E-state index is 12.8. The van der Waals surface area contributed by atoms with Gasteiger partial charge in [0.15, 0.2) is 12.4 Å². The van der Waals surface area contributed by atoms with Crippen molar-refractivity contribution < 1.29 is 129 Å². The van der Waals surface area contributed by atoms with Crippen molar-refractivity contribution in [3.8, 4) is 0 Å². The average molecular weight is 862 g/mol. The molecule has 0 spiro atoms. The molecule has 6 rings (SSSR count). The van der Waals surface area contributed by atoms with Gasteiger partial charge in [0.05, 0.1) is 13.2 Å². The van der Waals surface area contributed by atoms with Crippen LogP contribution in [0.15, 0.2) is 0 Å². The molecule has 0 radical (unpaired) electrons. The Balaban J connectivity index is 1.44. The number of hydrogen-bond donors (Lipinski definition) is 5. The molecular weight excluding hydrogens is 840 g/mol. The van der Waals surface area contributed by atoms with Crippen LogP contribution in [0.1, 0.15) is 0 Å². The Morgan fingerprint density at radius 3 is 1.98 bits per heavy atom. The SMILES string of the molecule is O=[PH]1OC[C@H]2O[C@H](O[C@@]34COP(=O)(O)OP(=O)(O)O[C@H]3[C@@H]3OP(=O)(O)OP(=O)(O)OC[C@H]3O4)[C@@H]3OP(=O)(O)O[PH](=O)O[C@H]3[C@@H]2O[PH](=O)O1. The van der Waals surface area contributed by atoms with Crippen LogP contribution >= 0.6 is 63.9 Å². The largest absolute Gasteiger partial charge is 0.481 e. The number of phosphoric ester groups is 5. The summed E-state index contributed by atoms with van der Waals surface area (Å²) in [7, 11) is -39.0. The van der Waals surface area contributed by atoms with E-state index in [0.717, 1.165) is 0 Å². The monoisotopic (exact) mass is 862 g/mol. The minimum absolute atomic E-state index is 0.780. The van der Waals surface area contributed by atoms with E-state index in [-0.39, 0.29) is 0 Å². The van der Waals surface area contributed by atoms with Gasteiger partial charge in [-0.05, 0) is 0 Å². The molecule has 28 nitrogen and oxygen atoms in total. The molecule has 278 valence electrons. The summed E-state index contributed by atoms with van der Waals surface area (Å²) in [5.41, 5.74) is 0. The number of hydrogen-bond acceptors (Lipinski definition) is 23. The number of rotatable bonds is 2. The fourth-order valence-electron chi connectivity index (χ4n) is 4.93. The second kappa shape index (κ2) is 13.7. The lowest BCUT2D eigenvalue weighted by atomic mass is 9.99. The lowest BCUT2D eigenvalue weighted by molar-refractivity contribution is -0.376. The fraction of sp³-hybridized carbons (Fsp3) is 1.00. The van der Waals surface area contributed by atoms with Gasteiger partial charge in [-0.1, -0.05) is 0 Å². The second-order valence-electron chi connectivity index (χ2n) is 9.79. The Hall–Kier alpha value is 1.04. The van der Waals surface area contributed by atoms with Crippen LogP contribution in [-0.2, 0) is 104 Å². The minimum atomic E-state index is -5.80. The summed E-state index contributed by atoms with van der Waals surface area (Å²) >= 11 is 0. The van der Waals surface area contributed by atoms with Crippen molar-refractivity contribution in [1.82, 2.24) is 0 Å². The van der Waals surface area contributed by atoms with Crippen molar-refractivity contribution >= 4 is 63.9 Å². The zero-order chi connectivity index (χ0) is 35.1.